The molecule has 0 aliphatic heterocycles. The molecule has 0 saturated heterocycles. The van der Waals surface area contributed by atoms with E-state index in [2.05, 4.69) is 11.9 Å². The first-order chi connectivity index (χ1) is 8.18. The molecule has 17 heavy (non-hydrogen) atoms. The van der Waals surface area contributed by atoms with Gasteiger partial charge in [0.1, 0.15) is 0 Å². The number of hydrogen-bond acceptors (Lipinski definition) is 2. The van der Waals surface area contributed by atoms with E-state index in [1.807, 2.05) is 6.92 Å². The molecule has 0 spiro atoms. The second-order valence-corrected chi connectivity index (χ2v) is 4.35. The standard InChI is InChI=1S/C14H27NO2/c1-4-17-12-10-8-6-5-7-9-11-15-14(16)13(2)3/h2,4-12H2,1,3H3,(H,15,16). The Morgan fingerprint density at radius 1 is 1.12 bits per heavy atom. The summed E-state index contributed by atoms with van der Waals surface area (Å²) in [5.74, 6) is -0.0262. The van der Waals surface area contributed by atoms with Crippen LogP contribution in [0.3, 0.4) is 0 Å². The van der Waals surface area contributed by atoms with Crippen LogP contribution in [-0.4, -0.2) is 25.7 Å². The summed E-state index contributed by atoms with van der Waals surface area (Å²) in [6, 6.07) is 0. The summed E-state index contributed by atoms with van der Waals surface area (Å²) in [6.45, 7) is 9.84. The highest BCUT2D eigenvalue weighted by atomic mass is 16.5. The number of rotatable bonds is 11. The summed E-state index contributed by atoms with van der Waals surface area (Å²) in [4.78, 5) is 11.2. The van der Waals surface area contributed by atoms with E-state index in [0.717, 1.165) is 26.2 Å². The Morgan fingerprint density at radius 3 is 2.29 bits per heavy atom. The molecule has 1 amide bonds. The Balaban J connectivity index is 3.08. The lowest BCUT2D eigenvalue weighted by atomic mass is 10.1. The number of ether oxygens (including phenoxy) is 1. The molecule has 0 fully saturated rings. The molecule has 0 radical (unpaired) electrons. The van der Waals surface area contributed by atoms with Gasteiger partial charge in [0.2, 0.25) is 5.91 Å². The molecule has 0 bridgehead atoms. The van der Waals surface area contributed by atoms with Crippen molar-refractivity contribution in [3.63, 3.8) is 0 Å². The third-order valence-corrected chi connectivity index (χ3v) is 2.59. The number of hydrogen-bond donors (Lipinski definition) is 1. The maximum absolute atomic E-state index is 11.2. The zero-order chi connectivity index (χ0) is 12.9. The normalized spacial score (nSPS) is 10.2. The molecule has 0 aromatic carbocycles. The van der Waals surface area contributed by atoms with Gasteiger partial charge in [0.25, 0.3) is 0 Å². The fourth-order valence-corrected chi connectivity index (χ4v) is 1.53. The number of unbranched alkanes of at least 4 members (excludes halogenated alkanes) is 5. The van der Waals surface area contributed by atoms with Gasteiger partial charge in [-0.1, -0.05) is 32.3 Å². The van der Waals surface area contributed by atoms with Crippen molar-refractivity contribution in [1.82, 2.24) is 5.32 Å². The lowest BCUT2D eigenvalue weighted by Gasteiger charge is -2.04. The summed E-state index contributed by atoms with van der Waals surface area (Å²) < 4.78 is 5.27. The van der Waals surface area contributed by atoms with Crippen LogP contribution >= 0.6 is 0 Å². The van der Waals surface area contributed by atoms with Gasteiger partial charge in [-0.25, -0.2) is 0 Å². The van der Waals surface area contributed by atoms with Crippen LogP contribution in [0.25, 0.3) is 0 Å². The zero-order valence-electron chi connectivity index (χ0n) is 11.4. The fraction of sp³-hybridized carbons (Fsp3) is 0.786. The second-order valence-electron chi connectivity index (χ2n) is 4.35. The Morgan fingerprint density at radius 2 is 1.71 bits per heavy atom. The topological polar surface area (TPSA) is 38.3 Å². The smallest absolute Gasteiger partial charge is 0.246 e. The zero-order valence-corrected chi connectivity index (χ0v) is 11.4. The third-order valence-electron chi connectivity index (χ3n) is 2.59. The van der Waals surface area contributed by atoms with Gasteiger partial charge in [0, 0.05) is 25.3 Å². The number of nitrogens with one attached hydrogen (secondary N) is 1. The fourth-order valence-electron chi connectivity index (χ4n) is 1.53. The van der Waals surface area contributed by atoms with Gasteiger partial charge in [-0.2, -0.15) is 0 Å². The van der Waals surface area contributed by atoms with Crippen molar-refractivity contribution < 1.29 is 9.53 Å². The van der Waals surface area contributed by atoms with Crippen LogP contribution in [0.15, 0.2) is 12.2 Å². The summed E-state index contributed by atoms with van der Waals surface area (Å²) in [5.41, 5.74) is 0.584. The first-order valence-electron chi connectivity index (χ1n) is 6.70. The van der Waals surface area contributed by atoms with E-state index in [0.29, 0.717) is 5.57 Å². The van der Waals surface area contributed by atoms with E-state index < -0.39 is 0 Å². The molecule has 3 heteroatoms. The van der Waals surface area contributed by atoms with Crippen LogP contribution < -0.4 is 5.32 Å². The van der Waals surface area contributed by atoms with Gasteiger partial charge in [-0.3, -0.25) is 4.79 Å². The van der Waals surface area contributed by atoms with Crippen LogP contribution in [0.1, 0.15) is 52.4 Å². The summed E-state index contributed by atoms with van der Waals surface area (Å²) >= 11 is 0. The van der Waals surface area contributed by atoms with Gasteiger partial charge in [-0.15, -0.1) is 0 Å². The van der Waals surface area contributed by atoms with Crippen molar-refractivity contribution in [2.24, 2.45) is 0 Å². The number of carbonyl (C=O) groups excluding carboxylic acids is 1. The summed E-state index contributed by atoms with van der Waals surface area (Å²) in [5, 5.41) is 2.84. The molecule has 3 nitrogen and oxygen atoms in total. The van der Waals surface area contributed by atoms with E-state index in [1.54, 1.807) is 6.92 Å². The van der Waals surface area contributed by atoms with Crippen molar-refractivity contribution in [3.8, 4) is 0 Å². The van der Waals surface area contributed by atoms with Crippen molar-refractivity contribution in [1.29, 1.82) is 0 Å². The van der Waals surface area contributed by atoms with E-state index >= 15 is 0 Å². The molecule has 100 valence electrons. The molecule has 0 aliphatic carbocycles. The van der Waals surface area contributed by atoms with E-state index in [-0.39, 0.29) is 5.91 Å². The Labute approximate surface area is 106 Å². The van der Waals surface area contributed by atoms with Crippen molar-refractivity contribution in [3.05, 3.63) is 12.2 Å². The molecular formula is C14H27NO2. The lowest BCUT2D eigenvalue weighted by Crippen LogP contribution is -2.24. The second kappa shape index (κ2) is 11.6. The first-order valence-corrected chi connectivity index (χ1v) is 6.70. The molecule has 0 aromatic rings. The Kier molecular flexibility index (Phi) is 11.1. The minimum Gasteiger partial charge on any atom is -0.382 e. The largest absolute Gasteiger partial charge is 0.382 e. The quantitative estimate of drug-likeness (QED) is 0.446. The molecule has 1 N–H and O–H groups in total. The van der Waals surface area contributed by atoms with Crippen LogP contribution in [0.4, 0.5) is 0 Å². The molecule has 0 atom stereocenters. The predicted octanol–water partition coefficient (Wildman–Crippen LogP) is 3.06. The molecular weight excluding hydrogens is 214 g/mol. The van der Waals surface area contributed by atoms with Crippen LogP contribution in [0, 0.1) is 0 Å². The Hall–Kier alpha value is -0.830. The lowest BCUT2D eigenvalue weighted by molar-refractivity contribution is -0.117. The molecule has 0 aliphatic rings. The highest BCUT2D eigenvalue weighted by molar-refractivity contribution is 5.91. The SMILES string of the molecule is C=C(C)C(=O)NCCCCCCCCOCC. The van der Waals surface area contributed by atoms with Crippen molar-refractivity contribution >= 4 is 5.91 Å². The summed E-state index contributed by atoms with van der Waals surface area (Å²) in [7, 11) is 0. The van der Waals surface area contributed by atoms with Gasteiger partial charge >= 0.3 is 0 Å². The molecule has 0 heterocycles. The highest BCUT2D eigenvalue weighted by Crippen LogP contribution is 2.05. The predicted molar refractivity (Wildman–Crippen MR) is 72.0 cm³/mol. The van der Waals surface area contributed by atoms with Crippen LogP contribution in [0.5, 0.6) is 0 Å². The average Bonchev–Trinajstić information content (AvgIpc) is 2.31. The third kappa shape index (κ3) is 11.4. The number of amides is 1. The van der Waals surface area contributed by atoms with Gasteiger partial charge < -0.3 is 10.1 Å². The average molecular weight is 241 g/mol. The highest BCUT2D eigenvalue weighted by Gasteiger charge is 1.99. The molecule has 0 aromatic heterocycles. The van der Waals surface area contributed by atoms with Gasteiger partial charge in [0.05, 0.1) is 0 Å². The van der Waals surface area contributed by atoms with Crippen molar-refractivity contribution in [2.45, 2.75) is 52.4 Å². The van der Waals surface area contributed by atoms with E-state index in [9.17, 15) is 4.79 Å². The van der Waals surface area contributed by atoms with Crippen LogP contribution in [-0.2, 0) is 9.53 Å². The van der Waals surface area contributed by atoms with Crippen molar-refractivity contribution in [2.75, 3.05) is 19.8 Å². The minimum absolute atomic E-state index is 0.0262. The first kappa shape index (κ1) is 16.2. The Bertz CT molecular complexity index is 214. The number of carbonyl (C=O) groups is 1. The van der Waals surface area contributed by atoms with Gasteiger partial charge in [0.15, 0.2) is 0 Å². The summed E-state index contributed by atoms with van der Waals surface area (Å²) in [6.07, 6.45) is 7.17. The molecule has 0 saturated carbocycles. The van der Waals surface area contributed by atoms with Crippen LogP contribution in [0.2, 0.25) is 0 Å². The maximum atomic E-state index is 11.2. The maximum Gasteiger partial charge on any atom is 0.246 e. The van der Waals surface area contributed by atoms with E-state index in [1.165, 1.54) is 32.1 Å². The minimum atomic E-state index is -0.0262. The monoisotopic (exact) mass is 241 g/mol. The molecule has 0 unspecified atom stereocenters. The van der Waals surface area contributed by atoms with E-state index in [4.69, 9.17) is 4.74 Å². The van der Waals surface area contributed by atoms with Gasteiger partial charge in [-0.05, 0) is 26.7 Å². The molecule has 0 rings (SSSR count).